The largest absolute Gasteiger partial charge is 0.347 e. The van der Waals surface area contributed by atoms with Crippen LogP contribution in [0.3, 0.4) is 0 Å². The van der Waals surface area contributed by atoms with Crippen LogP contribution >= 0.6 is 0 Å². The van der Waals surface area contributed by atoms with Gasteiger partial charge in [-0.25, -0.2) is 13.2 Å². The highest BCUT2D eigenvalue weighted by molar-refractivity contribution is 5.95. The van der Waals surface area contributed by atoms with E-state index in [1.165, 1.54) is 12.1 Å². The summed E-state index contributed by atoms with van der Waals surface area (Å²) in [5.41, 5.74) is 0.997. The maximum Gasteiger partial charge on any atom is 0.254 e. The molecule has 2 unspecified atom stereocenters. The number of piperidine rings is 1. The molecule has 0 saturated carbocycles. The van der Waals surface area contributed by atoms with Gasteiger partial charge >= 0.3 is 0 Å². The molecule has 0 spiro atoms. The Morgan fingerprint density at radius 1 is 1.16 bits per heavy atom. The Morgan fingerprint density at radius 2 is 1.96 bits per heavy atom. The molecule has 0 aliphatic carbocycles. The fraction of sp³-hybridized carbons (Fsp3) is 0.316. The van der Waals surface area contributed by atoms with Crippen molar-refractivity contribution in [2.24, 2.45) is 0 Å². The zero-order chi connectivity index (χ0) is 18.0. The van der Waals surface area contributed by atoms with Crippen molar-refractivity contribution in [2.75, 3.05) is 13.1 Å². The highest BCUT2D eigenvalue weighted by atomic mass is 19.2. The first-order chi connectivity index (χ1) is 12.0. The minimum Gasteiger partial charge on any atom is -0.347 e. The average Bonchev–Trinajstić information content (AvgIpc) is 2.60. The van der Waals surface area contributed by atoms with Gasteiger partial charge in [-0.05, 0) is 49.2 Å². The summed E-state index contributed by atoms with van der Waals surface area (Å²) < 4.78 is 40.9. The molecule has 1 aliphatic rings. The second kappa shape index (κ2) is 7.27. The smallest absolute Gasteiger partial charge is 0.254 e. The topological polar surface area (TPSA) is 41.1 Å². The summed E-state index contributed by atoms with van der Waals surface area (Å²) in [4.78, 5) is 12.5. The molecule has 25 heavy (non-hydrogen) atoms. The Labute approximate surface area is 144 Å². The van der Waals surface area contributed by atoms with Gasteiger partial charge in [0, 0.05) is 18.5 Å². The number of benzene rings is 2. The Balaban J connectivity index is 1.82. The molecule has 0 bridgehead atoms. The first kappa shape index (κ1) is 17.5. The quantitative estimate of drug-likeness (QED) is 0.894. The second-order valence-corrected chi connectivity index (χ2v) is 6.29. The highest BCUT2D eigenvalue weighted by Crippen LogP contribution is 2.27. The molecule has 2 aromatic rings. The van der Waals surface area contributed by atoms with Crippen molar-refractivity contribution in [1.82, 2.24) is 10.6 Å². The van der Waals surface area contributed by atoms with Crippen LogP contribution in [-0.4, -0.2) is 25.0 Å². The number of aryl methyl sites for hydroxylation is 1. The average molecular weight is 348 g/mol. The van der Waals surface area contributed by atoms with E-state index in [0.29, 0.717) is 30.6 Å². The zero-order valence-electron chi connectivity index (χ0n) is 13.8. The van der Waals surface area contributed by atoms with Crippen LogP contribution in [0.2, 0.25) is 0 Å². The maximum absolute atomic E-state index is 14.2. The van der Waals surface area contributed by atoms with E-state index < -0.39 is 23.4 Å². The molecule has 0 aromatic heterocycles. The third kappa shape index (κ3) is 3.69. The fourth-order valence-electron chi connectivity index (χ4n) is 3.22. The molecule has 1 heterocycles. The summed E-state index contributed by atoms with van der Waals surface area (Å²) in [7, 11) is 0. The molecule has 2 atom stereocenters. The summed E-state index contributed by atoms with van der Waals surface area (Å²) in [6, 6.07) is 8.09. The van der Waals surface area contributed by atoms with Crippen molar-refractivity contribution < 1.29 is 18.0 Å². The summed E-state index contributed by atoms with van der Waals surface area (Å²) in [6.45, 7) is 2.77. The molecule has 3 rings (SSSR count). The van der Waals surface area contributed by atoms with Crippen LogP contribution in [0.5, 0.6) is 0 Å². The fourth-order valence-corrected chi connectivity index (χ4v) is 3.22. The third-order valence-corrected chi connectivity index (χ3v) is 4.61. The van der Waals surface area contributed by atoms with Crippen LogP contribution in [0.4, 0.5) is 13.2 Å². The number of carbonyl (C=O) groups is 1. The molecular formula is C19H19F3N2O. The van der Waals surface area contributed by atoms with Gasteiger partial charge in [-0.3, -0.25) is 4.79 Å². The van der Waals surface area contributed by atoms with Gasteiger partial charge in [-0.2, -0.15) is 0 Å². The van der Waals surface area contributed by atoms with Crippen molar-refractivity contribution >= 4 is 5.91 Å². The second-order valence-electron chi connectivity index (χ2n) is 6.29. The Bertz CT molecular complexity index is 794. The van der Waals surface area contributed by atoms with Gasteiger partial charge in [-0.1, -0.05) is 18.2 Å². The van der Waals surface area contributed by atoms with Gasteiger partial charge in [0.15, 0.2) is 11.6 Å². The van der Waals surface area contributed by atoms with E-state index in [9.17, 15) is 18.0 Å². The maximum atomic E-state index is 14.2. The summed E-state index contributed by atoms with van der Waals surface area (Å²) >= 11 is 0. The molecule has 0 radical (unpaired) electrons. The molecule has 3 nitrogen and oxygen atoms in total. The zero-order valence-corrected chi connectivity index (χ0v) is 13.8. The summed E-state index contributed by atoms with van der Waals surface area (Å²) in [5, 5.41) is 6.00. The van der Waals surface area contributed by atoms with Gasteiger partial charge < -0.3 is 10.6 Å². The van der Waals surface area contributed by atoms with Gasteiger partial charge in [0.1, 0.15) is 5.82 Å². The molecule has 1 fully saturated rings. The number of carbonyl (C=O) groups excluding carboxylic acids is 1. The minimum atomic E-state index is -0.911. The van der Waals surface area contributed by atoms with E-state index in [1.54, 1.807) is 19.1 Å². The summed E-state index contributed by atoms with van der Waals surface area (Å²) in [6.07, 6.45) is 0.659. The van der Waals surface area contributed by atoms with Crippen molar-refractivity contribution in [3.63, 3.8) is 0 Å². The Morgan fingerprint density at radius 3 is 2.72 bits per heavy atom. The lowest BCUT2D eigenvalue weighted by molar-refractivity contribution is 0.0920. The van der Waals surface area contributed by atoms with E-state index in [0.717, 1.165) is 12.1 Å². The molecule has 2 N–H and O–H groups in total. The number of hydrogen-bond acceptors (Lipinski definition) is 2. The molecule has 1 aliphatic heterocycles. The van der Waals surface area contributed by atoms with Gasteiger partial charge in [0.2, 0.25) is 0 Å². The van der Waals surface area contributed by atoms with Crippen LogP contribution in [0.1, 0.15) is 33.8 Å². The van der Waals surface area contributed by atoms with E-state index >= 15 is 0 Å². The normalized spacial score (nSPS) is 20.3. The van der Waals surface area contributed by atoms with E-state index in [2.05, 4.69) is 10.6 Å². The molecule has 2 aromatic carbocycles. The van der Waals surface area contributed by atoms with Crippen LogP contribution in [0.25, 0.3) is 0 Å². The van der Waals surface area contributed by atoms with Crippen molar-refractivity contribution in [3.8, 4) is 0 Å². The van der Waals surface area contributed by atoms with Gasteiger partial charge in [-0.15, -0.1) is 0 Å². The number of nitrogens with one attached hydrogen (secondary N) is 2. The SMILES string of the molecule is Cc1cccc(C(=O)NC2CNCCC2c2ccc(F)c(F)c2)c1F. The molecule has 1 amide bonds. The van der Waals surface area contributed by atoms with Crippen molar-refractivity contribution in [1.29, 1.82) is 0 Å². The Kier molecular flexibility index (Phi) is 5.08. The lowest BCUT2D eigenvalue weighted by Crippen LogP contribution is -2.50. The number of amides is 1. The van der Waals surface area contributed by atoms with Crippen LogP contribution in [0, 0.1) is 24.4 Å². The summed E-state index contributed by atoms with van der Waals surface area (Å²) in [5.74, 6) is -3.05. The number of rotatable bonds is 3. The first-order valence-electron chi connectivity index (χ1n) is 8.19. The van der Waals surface area contributed by atoms with E-state index in [1.807, 2.05) is 0 Å². The predicted octanol–water partition coefficient (Wildman–Crippen LogP) is 3.29. The van der Waals surface area contributed by atoms with Gasteiger partial charge in [0.25, 0.3) is 5.91 Å². The third-order valence-electron chi connectivity index (χ3n) is 4.61. The van der Waals surface area contributed by atoms with E-state index in [4.69, 9.17) is 0 Å². The van der Waals surface area contributed by atoms with Crippen LogP contribution < -0.4 is 10.6 Å². The molecule has 1 saturated heterocycles. The minimum absolute atomic E-state index is 0.0189. The van der Waals surface area contributed by atoms with Crippen molar-refractivity contribution in [3.05, 3.63) is 70.5 Å². The lowest BCUT2D eigenvalue weighted by Gasteiger charge is -2.33. The number of hydrogen-bond donors (Lipinski definition) is 2. The molecular weight excluding hydrogens is 329 g/mol. The monoisotopic (exact) mass is 348 g/mol. The standard InChI is InChI=1S/C19H19F3N2O/c1-11-3-2-4-14(18(11)22)19(25)24-17-10-23-8-7-13(17)12-5-6-15(20)16(21)9-12/h2-6,9,13,17,23H,7-8,10H2,1H3,(H,24,25). The highest BCUT2D eigenvalue weighted by Gasteiger charge is 2.29. The molecule has 6 heteroatoms. The Hall–Kier alpha value is -2.34. The van der Waals surface area contributed by atoms with Crippen LogP contribution in [-0.2, 0) is 0 Å². The van der Waals surface area contributed by atoms with Crippen LogP contribution in [0.15, 0.2) is 36.4 Å². The number of halogens is 3. The van der Waals surface area contributed by atoms with E-state index in [-0.39, 0.29) is 17.5 Å². The predicted molar refractivity (Wildman–Crippen MR) is 89.0 cm³/mol. The van der Waals surface area contributed by atoms with Gasteiger partial charge in [0.05, 0.1) is 5.56 Å². The first-order valence-corrected chi connectivity index (χ1v) is 8.19. The lowest BCUT2D eigenvalue weighted by atomic mass is 9.85. The van der Waals surface area contributed by atoms with Crippen molar-refractivity contribution in [2.45, 2.75) is 25.3 Å². The molecule has 132 valence electrons.